The maximum atomic E-state index is 11.3. The van der Waals surface area contributed by atoms with Gasteiger partial charge in [0.1, 0.15) is 0 Å². The molecule has 0 aromatic heterocycles. The maximum Gasteiger partial charge on any atom is 0.315 e. The van der Waals surface area contributed by atoms with Gasteiger partial charge in [0.15, 0.2) is 0 Å². The van der Waals surface area contributed by atoms with E-state index in [0.29, 0.717) is 6.54 Å². The van der Waals surface area contributed by atoms with Crippen LogP contribution in [0.15, 0.2) is 30.3 Å². The van der Waals surface area contributed by atoms with Gasteiger partial charge in [-0.3, -0.25) is 0 Å². The number of amides is 2. The van der Waals surface area contributed by atoms with Gasteiger partial charge in [0.25, 0.3) is 0 Å². The zero-order chi connectivity index (χ0) is 11.1. The van der Waals surface area contributed by atoms with Crippen LogP contribution < -0.4 is 10.6 Å². The lowest BCUT2D eigenvalue weighted by Gasteiger charge is -2.11. The maximum absolute atomic E-state index is 11.3. The van der Waals surface area contributed by atoms with Crippen molar-refractivity contribution in [1.29, 1.82) is 0 Å². The van der Waals surface area contributed by atoms with E-state index in [2.05, 4.69) is 10.6 Å². The highest BCUT2D eigenvalue weighted by Gasteiger charge is 2.04. The highest BCUT2D eigenvalue weighted by atomic mass is 16.3. The van der Waals surface area contributed by atoms with Crippen LogP contribution in [0.25, 0.3) is 0 Å². The Bertz CT molecular complexity index is 301. The number of hydrogen-bond acceptors (Lipinski definition) is 2. The molecule has 4 heteroatoms. The van der Waals surface area contributed by atoms with Gasteiger partial charge in [0, 0.05) is 6.54 Å². The van der Waals surface area contributed by atoms with Crippen LogP contribution in [-0.4, -0.2) is 23.8 Å². The third-order valence-corrected chi connectivity index (χ3v) is 1.95. The fourth-order valence-corrected chi connectivity index (χ4v) is 1.10. The highest BCUT2D eigenvalue weighted by Crippen LogP contribution is 1.96. The van der Waals surface area contributed by atoms with Crippen molar-refractivity contribution in [2.24, 2.45) is 0 Å². The molecule has 0 aliphatic heterocycles. The molecule has 1 aromatic carbocycles. The molecule has 15 heavy (non-hydrogen) atoms. The molecule has 0 spiro atoms. The van der Waals surface area contributed by atoms with Gasteiger partial charge in [-0.15, -0.1) is 0 Å². The van der Waals surface area contributed by atoms with Gasteiger partial charge in [-0.05, 0) is 12.5 Å². The summed E-state index contributed by atoms with van der Waals surface area (Å²) in [5.41, 5.74) is 1.05. The van der Waals surface area contributed by atoms with E-state index >= 15 is 0 Å². The van der Waals surface area contributed by atoms with Crippen LogP contribution in [0, 0.1) is 0 Å². The van der Waals surface area contributed by atoms with Gasteiger partial charge in [0.2, 0.25) is 0 Å². The average molecular weight is 208 g/mol. The number of aliphatic hydroxyl groups is 1. The van der Waals surface area contributed by atoms with Crippen molar-refractivity contribution in [3.8, 4) is 0 Å². The topological polar surface area (TPSA) is 61.4 Å². The fraction of sp³-hybridized carbons (Fsp3) is 0.364. The van der Waals surface area contributed by atoms with Crippen LogP contribution in [0.3, 0.4) is 0 Å². The molecular weight excluding hydrogens is 192 g/mol. The minimum absolute atomic E-state index is 0.0568. The van der Waals surface area contributed by atoms with Crippen LogP contribution in [0.2, 0.25) is 0 Å². The molecule has 0 bridgehead atoms. The third-order valence-electron chi connectivity index (χ3n) is 1.95. The van der Waals surface area contributed by atoms with Gasteiger partial charge in [-0.1, -0.05) is 30.3 Å². The Morgan fingerprint density at radius 2 is 2.07 bits per heavy atom. The summed E-state index contributed by atoms with van der Waals surface area (Å²) in [4.78, 5) is 11.3. The molecule has 0 aliphatic carbocycles. The summed E-state index contributed by atoms with van der Waals surface area (Å²) >= 11 is 0. The molecule has 1 rings (SSSR count). The predicted molar refractivity (Wildman–Crippen MR) is 58.4 cm³/mol. The molecule has 1 aromatic rings. The van der Waals surface area contributed by atoms with E-state index in [1.165, 1.54) is 0 Å². The van der Waals surface area contributed by atoms with Crippen molar-refractivity contribution in [3.63, 3.8) is 0 Å². The Morgan fingerprint density at radius 3 is 2.67 bits per heavy atom. The van der Waals surface area contributed by atoms with Crippen LogP contribution in [0.5, 0.6) is 0 Å². The molecule has 0 heterocycles. The first-order chi connectivity index (χ1) is 7.22. The second-order valence-corrected chi connectivity index (χ2v) is 3.40. The van der Waals surface area contributed by atoms with E-state index in [-0.39, 0.29) is 18.7 Å². The molecule has 2 amide bonds. The molecule has 0 saturated carbocycles. The standard InChI is InChI=1S/C11H16N2O2/c1-9(8-14)13-11(15)12-7-10-5-3-2-4-6-10/h2-6,9,14H,7-8H2,1H3,(H2,12,13,15). The van der Waals surface area contributed by atoms with E-state index in [4.69, 9.17) is 5.11 Å². The largest absolute Gasteiger partial charge is 0.394 e. The summed E-state index contributed by atoms with van der Waals surface area (Å²) in [5.74, 6) is 0. The molecule has 0 fully saturated rings. The summed E-state index contributed by atoms with van der Waals surface area (Å²) < 4.78 is 0. The Labute approximate surface area is 89.3 Å². The normalized spacial score (nSPS) is 11.9. The van der Waals surface area contributed by atoms with Gasteiger partial charge >= 0.3 is 6.03 Å². The highest BCUT2D eigenvalue weighted by molar-refractivity contribution is 5.74. The number of carbonyl (C=O) groups excluding carboxylic acids is 1. The first kappa shape index (κ1) is 11.5. The number of aliphatic hydroxyl groups excluding tert-OH is 1. The van der Waals surface area contributed by atoms with E-state index in [9.17, 15) is 4.79 Å². The van der Waals surface area contributed by atoms with Gasteiger partial charge in [-0.2, -0.15) is 0 Å². The van der Waals surface area contributed by atoms with E-state index in [0.717, 1.165) is 5.56 Å². The van der Waals surface area contributed by atoms with Gasteiger partial charge in [0.05, 0.1) is 12.6 Å². The number of urea groups is 1. The average Bonchev–Trinajstić information content (AvgIpc) is 2.27. The number of benzene rings is 1. The van der Waals surface area contributed by atoms with E-state index < -0.39 is 0 Å². The van der Waals surface area contributed by atoms with Crippen molar-refractivity contribution in [1.82, 2.24) is 10.6 Å². The molecule has 1 unspecified atom stereocenters. The number of rotatable bonds is 4. The van der Waals surface area contributed by atoms with Crippen molar-refractivity contribution >= 4 is 6.03 Å². The van der Waals surface area contributed by atoms with Crippen molar-refractivity contribution in [2.45, 2.75) is 19.5 Å². The first-order valence-corrected chi connectivity index (χ1v) is 4.91. The second kappa shape index (κ2) is 6.03. The third kappa shape index (κ3) is 4.46. The summed E-state index contributed by atoms with van der Waals surface area (Å²) in [6.07, 6.45) is 0. The lowest BCUT2D eigenvalue weighted by molar-refractivity contribution is 0.220. The molecule has 0 radical (unpaired) electrons. The number of nitrogens with one attached hydrogen (secondary N) is 2. The van der Waals surface area contributed by atoms with Crippen molar-refractivity contribution in [3.05, 3.63) is 35.9 Å². The Balaban J connectivity index is 2.29. The minimum atomic E-state index is -0.264. The Hall–Kier alpha value is -1.55. The molecule has 1 atom stereocenters. The van der Waals surface area contributed by atoms with Crippen LogP contribution in [0.4, 0.5) is 4.79 Å². The summed E-state index contributed by atoms with van der Waals surface area (Å²) in [6, 6.07) is 9.17. The molecule has 0 saturated heterocycles. The number of hydrogen-bond donors (Lipinski definition) is 3. The van der Waals surface area contributed by atoms with E-state index in [1.807, 2.05) is 30.3 Å². The molecule has 3 N–H and O–H groups in total. The molecular formula is C11H16N2O2. The van der Waals surface area contributed by atoms with Crippen LogP contribution in [0.1, 0.15) is 12.5 Å². The van der Waals surface area contributed by atoms with Crippen LogP contribution in [-0.2, 0) is 6.54 Å². The predicted octanol–water partition coefficient (Wildman–Crippen LogP) is 0.867. The monoisotopic (exact) mass is 208 g/mol. The molecule has 0 aliphatic rings. The SMILES string of the molecule is CC(CO)NC(=O)NCc1ccccc1. The first-order valence-electron chi connectivity index (χ1n) is 4.91. The van der Waals surface area contributed by atoms with Gasteiger partial charge < -0.3 is 15.7 Å². The van der Waals surface area contributed by atoms with Crippen molar-refractivity contribution < 1.29 is 9.90 Å². The quantitative estimate of drug-likeness (QED) is 0.687. The smallest absolute Gasteiger partial charge is 0.315 e. The summed E-state index contributed by atoms with van der Waals surface area (Å²) in [7, 11) is 0. The second-order valence-electron chi connectivity index (χ2n) is 3.40. The van der Waals surface area contributed by atoms with E-state index in [1.54, 1.807) is 6.92 Å². The van der Waals surface area contributed by atoms with Gasteiger partial charge in [-0.25, -0.2) is 4.79 Å². The zero-order valence-corrected chi connectivity index (χ0v) is 8.73. The summed E-state index contributed by atoms with van der Waals surface area (Å²) in [5, 5.41) is 14.0. The lowest BCUT2D eigenvalue weighted by Crippen LogP contribution is -2.41. The fourth-order valence-electron chi connectivity index (χ4n) is 1.10. The summed E-state index contributed by atoms with van der Waals surface area (Å²) in [6.45, 7) is 2.17. The van der Waals surface area contributed by atoms with Crippen molar-refractivity contribution in [2.75, 3.05) is 6.61 Å². The molecule has 82 valence electrons. The molecule has 4 nitrogen and oxygen atoms in total. The number of carbonyl (C=O) groups is 1. The van der Waals surface area contributed by atoms with Crippen LogP contribution >= 0.6 is 0 Å². The lowest BCUT2D eigenvalue weighted by atomic mass is 10.2. The Kier molecular flexibility index (Phi) is 4.63. The zero-order valence-electron chi connectivity index (χ0n) is 8.73. The Morgan fingerprint density at radius 1 is 1.40 bits per heavy atom. The minimum Gasteiger partial charge on any atom is -0.394 e.